The van der Waals surface area contributed by atoms with E-state index < -0.39 is 16.8 Å². The number of methoxy groups -OCH3 is 1. The Kier molecular flexibility index (Phi) is 5.94. The average molecular weight is 395 g/mol. The lowest BCUT2D eigenvalue weighted by Gasteiger charge is -2.23. The van der Waals surface area contributed by atoms with Crippen LogP contribution in [0.2, 0.25) is 0 Å². The molecule has 0 fully saturated rings. The van der Waals surface area contributed by atoms with Gasteiger partial charge in [0.25, 0.3) is 16.8 Å². The van der Waals surface area contributed by atoms with Crippen molar-refractivity contribution in [2.45, 2.75) is 6.04 Å². The highest BCUT2D eigenvalue weighted by Gasteiger charge is 2.25. The monoisotopic (exact) mass is 395 g/mol. The summed E-state index contributed by atoms with van der Waals surface area (Å²) in [5.41, 5.74) is -0.163. The summed E-state index contributed by atoms with van der Waals surface area (Å²) in [7, 11) is 2.99. The number of phenolic OH excluding ortho intramolecular Hbond substituents is 1. The third-order valence-corrected chi connectivity index (χ3v) is 4.53. The molecule has 3 aromatic rings. The van der Waals surface area contributed by atoms with E-state index in [9.17, 15) is 19.5 Å². The molecule has 0 aliphatic rings. The fourth-order valence-electron chi connectivity index (χ4n) is 2.99. The van der Waals surface area contributed by atoms with E-state index >= 15 is 0 Å². The van der Waals surface area contributed by atoms with E-state index in [-0.39, 0.29) is 41.0 Å². The lowest BCUT2D eigenvalue weighted by atomic mass is 10.1. The normalized spacial score (nSPS) is 11.8. The van der Waals surface area contributed by atoms with Crippen LogP contribution in [-0.2, 0) is 4.74 Å². The number of amides is 1. The topological polar surface area (TPSA) is 117 Å². The zero-order valence-corrected chi connectivity index (χ0v) is 16.0. The largest absolute Gasteiger partial charge is 0.505 e. The number of ether oxygens (including phenoxy) is 1. The molecular weight excluding hydrogens is 374 g/mol. The molecule has 0 aromatic heterocycles. The van der Waals surface area contributed by atoms with Gasteiger partial charge in [0.1, 0.15) is 11.4 Å². The number of anilines is 3. The molecule has 0 bridgehead atoms. The number of benzene rings is 2. The van der Waals surface area contributed by atoms with Gasteiger partial charge in [0.05, 0.1) is 23.9 Å². The highest BCUT2D eigenvalue weighted by molar-refractivity contribution is 5.99. The van der Waals surface area contributed by atoms with Gasteiger partial charge >= 0.3 is 0 Å². The van der Waals surface area contributed by atoms with Gasteiger partial charge in [-0.05, 0) is 17.7 Å². The predicted molar refractivity (Wildman–Crippen MR) is 111 cm³/mol. The maximum absolute atomic E-state index is 12.2. The summed E-state index contributed by atoms with van der Waals surface area (Å²) in [6.07, 6.45) is 0. The zero-order chi connectivity index (χ0) is 21.0. The smallest absolute Gasteiger partial charge is 0.254 e. The fraction of sp³-hybridized carbons (Fsp3) is 0.190. The summed E-state index contributed by atoms with van der Waals surface area (Å²) in [5.74, 6) is -0.791. The summed E-state index contributed by atoms with van der Waals surface area (Å²) < 4.78 is 5.23. The number of rotatable bonds is 8. The van der Waals surface area contributed by atoms with Gasteiger partial charge in [0.2, 0.25) is 0 Å². The van der Waals surface area contributed by atoms with Gasteiger partial charge in [0, 0.05) is 14.2 Å². The van der Waals surface area contributed by atoms with Gasteiger partial charge in [-0.3, -0.25) is 14.4 Å². The Morgan fingerprint density at radius 1 is 1.03 bits per heavy atom. The SMILES string of the molecule is CNC(=O)c1cccc(Nc2c(N[C@H](COC)c3ccccc3)c(=O)c2=O)c1O. The fourth-order valence-corrected chi connectivity index (χ4v) is 2.99. The summed E-state index contributed by atoms with van der Waals surface area (Å²) in [4.78, 5) is 36.2. The Morgan fingerprint density at radius 3 is 2.38 bits per heavy atom. The number of carbonyl (C=O) groups excluding carboxylic acids is 1. The molecule has 0 saturated heterocycles. The van der Waals surface area contributed by atoms with Crippen molar-refractivity contribution >= 4 is 23.0 Å². The summed E-state index contributed by atoms with van der Waals surface area (Å²) in [5, 5.41) is 18.6. The first kappa shape index (κ1) is 20.1. The lowest BCUT2D eigenvalue weighted by molar-refractivity contribution is 0.0960. The lowest BCUT2D eigenvalue weighted by Crippen LogP contribution is -2.38. The second-order valence-electron chi connectivity index (χ2n) is 6.38. The molecule has 8 heteroatoms. The van der Waals surface area contributed by atoms with E-state index in [0.29, 0.717) is 0 Å². The Morgan fingerprint density at radius 2 is 1.72 bits per heavy atom. The first-order valence-corrected chi connectivity index (χ1v) is 8.92. The molecule has 0 spiro atoms. The van der Waals surface area contributed by atoms with Crippen LogP contribution < -0.4 is 26.8 Å². The van der Waals surface area contributed by atoms with Crippen LogP contribution in [0.1, 0.15) is 22.0 Å². The molecule has 29 heavy (non-hydrogen) atoms. The van der Waals surface area contributed by atoms with Crippen LogP contribution in [0.25, 0.3) is 0 Å². The summed E-state index contributed by atoms with van der Waals surface area (Å²) in [6.45, 7) is 0.277. The molecule has 0 aliphatic carbocycles. The van der Waals surface area contributed by atoms with E-state index in [0.717, 1.165) is 5.56 Å². The van der Waals surface area contributed by atoms with E-state index in [1.807, 2.05) is 30.3 Å². The highest BCUT2D eigenvalue weighted by Crippen LogP contribution is 2.32. The highest BCUT2D eigenvalue weighted by atomic mass is 16.5. The molecule has 1 atom stereocenters. The van der Waals surface area contributed by atoms with E-state index in [4.69, 9.17) is 4.74 Å². The molecule has 150 valence electrons. The Labute approximate surface area is 166 Å². The Hall–Kier alpha value is -3.65. The van der Waals surface area contributed by atoms with Gasteiger partial charge in [0.15, 0.2) is 5.75 Å². The number of para-hydroxylation sites is 1. The number of hydrogen-bond acceptors (Lipinski definition) is 7. The quantitative estimate of drug-likeness (QED) is 0.340. The third kappa shape index (κ3) is 3.97. The second kappa shape index (κ2) is 8.57. The molecule has 0 aliphatic heterocycles. The second-order valence-corrected chi connectivity index (χ2v) is 6.38. The van der Waals surface area contributed by atoms with Gasteiger partial charge in [-0.1, -0.05) is 36.4 Å². The standard InChI is InChI=1S/C21H21N3O5/c1-22-21(28)13-9-6-10-14(18(13)25)23-16-17(20(27)19(16)26)24-15(11-29-2)12-7-4-3-5-8-12/h3-10,15,23-25H,11H2,1-2H3,(H,22,28)/t15-/m1/s1. The molecule has 0 unspecified atom stereocenters. The Bertz CT molecular complexity index is 1090. The first-order valence-electron chi connectivity index (χ1n) is 8.92. The van der Waals surface area contributed by atoms with Gasteiger partial charge < -0.3 is 25.8 Å². The molecule has 0 heterocycles. The minimum absolute atomic E-state index is 0.0244. The van der Waals surface area contributed by atoms with Crippen LogP contribution in [-0.4, -0.2) is 31.8 Å². The Balaban J connectivity index is 1.91. The van der Waals surface area contributed by atoms with Crippen LogP contribution >= 0.6 is 0 Å². The predicted octanol–water partition coefficient (Wildman–Crippen LogP) is 1.89. The maximum Gasteiger partial charge on any atom is 0.254 e. The van der Waals surface area contributed by atoms with Crippen molar-refractivity contribution in [3.63, 3.8) is 0 Å². The van der Waals surface area contributed by atoms with Crippen molar-refractivity contribution in [2.24, 2.45) is 0 Å². The molecule has 0 radical (unpaired) electrons. The van der Waals surface area contributed by atoms with E-state index in [1.165, 1.54) is 19.2 Å². The number of carbonyl (C=O) groups is 1. The van der Waals surface area contributed by atoms with Crippen LogP contribution in [0.15, 0.2) is 58.1 Å². The molecule has 8 nitrogen and oxygen atoms in total. The molecule has 3 aromatic carbocycles. The summed E-state index contributed by atoms with van der Waals surface area (Å²) >= 11 is 0. The van der Waals surface area contributed by atoms with Gasteiger partial charge in [-0.2, -0.15) is 0 Å². The van der Waals surface area contributed by atoms with Crippen LogP contribution in [0.5, 0.6) is 5.75 Å². The maximum atomic E-state index is 12.2. The minimum Gasteiger partial charge on any atom is -0.505 e. The van der Waals surface area contributed by atoms with Crippen molar-refractivity contribution in [1.29, 1.82) is 0 Å². The first-order chi connectivity index (χ1) is 14.0. The van der Waals surface area contributed by atoms with E-state index in [2.05, 4.69) is 16.0 Å². The van der Waals surface area contributed by atoms with Crippen molar-refractivity contribution in [3.05, 3.63) is 80.1 Å². The van der Waals surface area contributed by atoms with Crippen LogP contribution in [0.3, 0.4) is 0 Å². The number of nitrogens with one attached hydrogen (secondary N) is 3. The molecular formula is C21H21N3O5. The van der Waals surface area contributed by atoms with Crippen molar-refractivity contribution in [1.82, 2.24) is 5.32 Å². The van der Waals surface area contributed by atoms with Crippen LogP contribution in [0.4, 0.5) is 17.1 Å². The number of phenols is 1. The molecule has 4 N–H and O–H groups in total. The number of aromatic hydroxyl groups is 1. The molecule has 1 amide bonds. The summed E-state index contributed by atoms with van der Waals surface area (Å²) in [6, 6.07) is 13.5. The third-order valence-electron chi connectivity index (χ3n) is 4.53. The zero-order valence-electron chi connectivity index (χ0n) is 16.0. The number of hydrogen-bond donors (Lipinski definition) is 4. The van der Waals surface area contributed by atoms with Gasteiger partial charge in [-0.15, -0.1) is 0 Å². The average Bonchev–Trinajstić information content (AvgIpc) is 2.76. The van der Waals surface area contributed by atoms with Crippen molar-refractivity contribution in [3.8, 4) is 5.75 Å². The molecule has 0 saturated carbocycles. The minimum atomic E-state index is -0.707. The van der Waals surface area contributed by atoms with Crippen molar-refractivity contribution in [2.75, 3.05) is 31.4 Å². The van der Waals surface area contributed by atoms with E-state index in [1.54, 1.807) is 13.2 Å². The van der Waals surface area contributed by atoms with Crippen LogP contribution in [0, 0.1) is 0 Å². The van der Waals surface area contributed by atoms with Gasteiger partial charge in [-0.25, -0.2) is 0 Å². The molecule has 3 rings (SSSR count). The van der Waals surface area contributed by atoms with Crippen molar-refractivity contribution < 1.29 is 14.6 Å².